The molecule has 0 bridgehead atoms. The van der Waals surface area contributed by atoms with Crippen LogP contribution in [0.15, 0.2) is 22.8 Å². The summed E-state index contributed by atoms with van der Waals surface area (Å²) >= 11 is 0. The molecular formula is C14H22N4O. The lowest BCUT2D eigenvalue weighted by Crippen LogP contribution is -2.30. The summed E-state index contributed by atoms with van der Waals surface area (Å²) in [6.45, 7) is 5.73. The van der Waals surface area contributed by atoms with Crippen molar-refractivity contribution in [2.45, 2.75) is 26.4 Å². The molecule has 2 heterocycles. The second-order valence-electron chi connectivity index (χ2n) is 5.04. The molecule has 2 aromatic heterocycles. The smallest absolute Gasteiger partial charge is 0.122 e. The average Bonchev–Trinajstić information content (AvgIpc) is 2.97. The molecule has 5 nitrogen and oxygen atoms in total. The molecule has 104 valence electrons. The van der Waals surface area contributed by atoms with Gasteiger partial charge >= 0.3 is 0 Å². The van der Waals surface area contributed by atoms with Gasteiger partial charge in [0.1, 0.15) is 5.76 Å². The maximum atomic E-state index is 5.49. The highest BCUT2D eigenvalue weighted by atomic mass is 16.3. The van der Waals surface area contributed by atoms with E-state index in [9.17, 15) is 0 Å². The van der Waals surface area contributed by atoms with Crippen LogP contribution in [0.4, 0.5) is 0 Å². The van der Waals surface area contributed by atoms with Crippen LogP contribution in [0.3, 0.4) is 0 Å². The molecule has 0 radical (unpaired) electrons. The summed E-state index contributed by atoms with van der Waals surface area (Å²) in [5.74, 6) is 0.984. The van der Waals surface area contributed by atoms with Gasteiger partial charge in [-0.2, -0.15) is 5.10 Å². The van der Waals surface area contributed by atoms with E-state index in [1.54, 1.807) is 6.26 Å². The van der Waals surface area contributed by atoms with Crippen LogP contribution in [0, 0.1) is 13.8 Å². The first-order valence-electron chi connectivity index (χ1n) is 6.50. The number of nitrogens with zero attached hydrogens (tertiary/aromatic N) is 2. The molecule has 0 aliphatic heterocycles. The fourth-order valence-electron chi connectivity index (χ4n) is 2.19. The number of nitrogens with one attached hydrogen (secondary N) is 2. The standard InChI is InChI=1S/C14H22N4O/c1-10-12(11(2)17-16-10)8-15-9-13(18(3)4)14-6-5-7-19-14/h5-7,13,15H,8-9H2,1-4H3,(H,16,17). The van der Waals surface area contributed by atoms with Crippen molar-refractivity contribution in [3.8, 4) is 0 Å². The van der Waals surface area contributed by atoms with E-state index in [2.05, 4.69) is 34.5 Å². The Labute approximate surface area is 114 Å². The van der Waals surface area contributed by atoms with Gasteiger partial charge in [-0.25, -0.2) is 0 Å². The fraction of sp³-hybridized carbons (Fsp3) is 0.500. The molecule has 5 heteroatoms. The third-order valence-corrected chi connectivity index (χ3v) is 3.42. The van der Waals surface area contributed by atoms with E-state index in [-0.39, 0.29) is 6.04 Å². The Balaban J connectivity index is 1.94. The van der Waals surface area contributed by atoms with Crippen molar-refractivity contribution in [2.24, 2.45) is 0 Å². The van der Waals surface area contributed by atoms with Gasteiger partial charge < -0.3 is 9.73 Å². The summed E-state index contributed by atoms with van der Waals surface area (Å²) in [7, 11) is 4.12. The minimum Gasteiger partial charge on any atom is -0.468 e. The Bertz CT molecular complexity index is 482. The number of aromatic amines is 1. The first-order chi connectivity index (χ1) is 9.09. The van der Waals surface area contributed by atoms with Crippen molar-refractivity contribution in [1.29, 1.82) is 0 Å². The number of aryl methyl sites for hydroxylation is 2. The number of hydrogen-bond acceptors (Lipinski definition) is 4. The summed E-state index contributed by atoms with van der Waals surface area (Å²) in [5.41, 5.74) is 3.44. The second-order valence-corrected chi connectivity index (χ2v) is 5.04. The van der Waals surface area contributed by atoms with Gasteiger partial charge in [0.25, 0.3) is 0 Å². The predicted octanol–water partition coefficient (Wildman–Crippen LogP) is 2.01. The van der Waals surface area contributed by atoms with E-state index < -0.39 is 0 Å². The van der Waals surface area contributed by atoms with Crippen LogP contribution in [0.5, 0.6) is 0 Å². The lowest BCUT2D eigenvalue weighted by molar-refractivity contribution is 0.250. The molecule has 0 aliphatic rings. The van der Waals surface area contributed by atoms with Crippen molar-refractivity contribution in [3.05, 3.63) is 41.1 Å². The molecule has 0 fully saturated rings. The van der Waals surface area contributed by atoms with Crippen LogP contribution in [0.1, 0.15) is 28.8 Å². The lowest BCUT2D eigenvalue weighted by Gasteiger charge is -2.22. The van der Waals surface area contributed by atoms with Crippen LogP contribution in [0.2, 0.25) is 0 Å². The molecule has 0 saturated heterocycles. The van der Waals surface area contributed by atoms with Crippen molar-refractivity contribution >= 4 is 0 Å². The molecule has 0 saturated carbocycles. The van der Waals surface area contributed by atoms with Crippen molar-refractivity contribution < 1.29 is 4.42 Å². The molecule has 0 aromatic carbocycles. The van der Waals surface area contributed by atoms with Gasteiger partial charge in [-0.15, -0.1) is 0 Å². The number of rotatable bonds is 6. The van der Waals surface area contributed by atoms with E-state index in [1.807, 2.05) is 26.0 Å². The number of aromatic nitrogens is 2. The third-order valence-electron chi connectivity index (χ3n) is 3.42. The topological polar surface area (TPSA) is 57.1 Å². The minimum atomic E-state index is 0.238. The monoisotopic (exact) mass is 262 g/mol. The van der Waals surface area contributed by atoms with Gasteiger partial charge in [-0.05, 0) is 40.1 Å². The Morgan fingerprint density at radius 1 is 1.42 bits per heavy atom. The minimum absolute atomic E-state index is 0.238. The zero-order chi connectivity index (χ0) is 13.8. The highest BCUT2D eigenvalue weighted by Crippen LogP contribution is 2.18. The van der Waals surface area contributed by atoms with Crippen molar-refractivity contribution in [1.82, 2.24) is 20.4 Å². The van der Waals surface area contributed by atoms with E-state index >= 15 is 0 Å². The number of hydrogen-bond donors (Lipinski definition) is 2. The Morgan fingerprint density at radius 2 is 2.21 bits per heavy atom. The molecule has 1 atom stereocenters. The molecular weight excluding hydrogens is 240 g/mol. The number of likely N-dealkylation sites (N-methyl/N-ethyl adjacent to an activating group) is 1. The summed E-state index contributed by atoms with van der Waals surface area (Å²) in [6.07, 6.45) is 1.72. The zero-order valence-corrected chi connectivity index (χ0v) is 12.0. The SMILES string of the molecule is Cc1n[nH]c(C)c1CNCC(c1ccco1)N(C)C. The van der Waals surface area contributed by atoms with Crippen LogP contribution in [0.25, 0.3) is 0 Å². The van der Waals surface area contributed by atoms with E-state index in [0.29, 0.717) is 0 Å². The zero-order valence-electron chi connectivity index (χ0n) is 12.0. The maximum Gasteiger partial charge on any atom is 0.122 e. The summed E-state index contributed by atoms with van der Waals surface area (Å²) < 4.78 is 5.49. The molecule has 2 rings (SSSR count). The summed E-state index contributed by atoms with van der Waals surface area (Å²) in [6, 6.07) is 4.18. The molecule has 19 heavy (non-hydrogen) atoms. The second kappa shape index (κ2) is 6.04. The Morgan fingerprint density at radius 3 is 2.74 bits per heavy atom. The highest BCUT2D eigenvalue weighted by molar-refractivity contribution is 5.22. The lowest BCUT2D eigenvalue weighted by atomic mass is 10.1. The van der Waals surface area contributed by atoms with Crippen molar-refractivity contribution in [3.63, 3.8) is 0 Å². The quantitative estimate of drug-likeness (QED) is 0.836. The molecule has 0 spiro atoms. The highest BCUT2D eigenvalue weighted by Gasteiger charge is 2.16. The Kier molecular flexibility index (Phi) is 4.39. The normalized spacial score (nSPS) is 13.1. The predicted molar refractivity (Wildman–Crippen MR) is 74.9 cm³/mol. The molecule has 1 unspecified atom stereocenters. The molecule has 2 aromatic rings. The number of furan rings is 1. The van der Waals surface area contributed by atoms with Crippen LogP contribution in [-0.4, -0.2) is 35.7 Å². The van der Waals surface area contributed by atoms with Crippen LogP contribution in [-0.2, 0) is 6.54 Å². The van der Waals surface area contributed by atoms with E-state index in [4.69, 9.17) is 4.42 Å². The van der Waals surface area contributed by atoms with Crippen LogP contribution >= 0.6 is 0 Å². The maximum absolute atomic E-state index is 5.49. The molecule has 2 N–H and O–H groups in total. The molecule has 0 aliphatic carbocycles. The summed E-state index contributed by atoms with van der Waals surface area (Å²) in [5, 5.41) is 10.7. The summed E-state index contributed by atoms with van der Waals surface area (Å²) in [4.78, 5) is 2.15. The van der Waals surface area contributed by atoms with Gasteiger partial charge in [0, 0.05) is 24.3 Å². The third kappa shape index (κ3) is 3.24. The first-order valence-corrected chi connectivity index (χ1v) is 6.50. The fourth-order valence-corrected chi connectivity index (χ4v) is 2.19. The molecule has 0 amide bonds. The first kappa shape index (κ1) is 13.8. The van der Waals surface area contributed by atoms with Gasteiger partial charge in [0.05, 0.1) is 18.0 Å². The largest absolute Gasteiger partial charge is 0.468 e. The average molecular weight is 262 g/mol. The van der Waals surface area contributed by atoms with Gasteiger partial charge in [-0.1, -0.05) is 0 Å². The van der Waals surface area contributed by atoms with Gasteiger partial charge in [0.15, 0.2) is 0 Å². The number of H-pyrrole nitrogens is 1. The van der Waals surface area contributed by atoms with Gasteiger partial charge in [0.2, 0.25) is 0 Å². The van der Waals surface area contributed by atoms with Crippen LogP contribution < -0.4 is 5.32 Å². The van der Waals surface area contributed by atoms with E-state index in [0.717, 1.165) is 30.2 Å². The van der Waals surface area contributed by atoms with E-state index in [1.165, 1.54) is 5.56 Å². The van der Waals surface area contributed by atoms with Gasteiger partial charge in [-0.3, -0.25) is 10.00 Å². The Hall–Kier alpha value is -1.59. The van der Waals surface area contributed by atoms with Crippen molar-refractivity contribution in [2.75, 3.05) is 20.6 Å².